The molecule has 20 heavy (non-hydrogen) atoms. The summed E-state index contributed by atoms with van der Waals surface area (Å²) in [5.41, 5.74) is 0.312. The highest BCUT2D eigenvalue weighted by atomic mass is 127. The summed E-state index contributed by atoms with van der Waals surface area (Å²) < 4.78 is 19.7. The van der Waals surface area contributed by atoms with E-state index in [9.17, 15) is 9.18 Å². The average Bonchev–Trinajstić information content (AvgIpc) is 2.40. The standard InChI is InChI=1S/C14H9ClFIO3/c15-9-1-3-12(16)8(5-9)7-20-13-4-2-10(17)6-11(13)14(18)19/h1-6H,7H2,(H,18,19). The lowest BCUT2D eigenvalue weighted by Crippen LogP contribution is -2.05. The minimum Gasteiger partial charge on any atom is -0.488 e. The van der Waals surface area contributed by atoms with Gasteiger partial charge in [-0.15, -0.1) is 0 Å². The van der Waals surface area contributed by atoms with E-state index in [1.54, 1.807) is 12.1 Å². The molecule has 0 aliphatic rings. The Balaban J connectivity index is 2.23. The molecule has 0 aliphatic carbocycles. The normalized spacial score (nSPS) is 10.3. The van der Waals surface area contributed by atoms with Crippen LogP contribution in [0.2, 0.25) is 5.02 Å². The number of aromatic carboxylic acids is 1. The molecule has 0 heterocycles. The first-order chi connectivity index (χ1) is 9.47. The molecule has 0 spiro atoms. The lowest BCUT2D eigenvalue weighted by atomic mass is 10.2. The molecule has 2 rings (SSSR count). The van der Waals surface area contributed by atoms with Gasteiger partial charge in [-0.2, -0.15) is 0 Å². The van der Waals surface area contributed by atoms with Crippen LogP contribution in [0.25, 0.3) is 0 Å². The summed E-state index contributed by atoms with van der Waals surface area (Å²) in [6, 6.07) is 8.89. The van der Waals surface area contributed by atoms with Crippen LogP contribution >= 0.6 is 34.2 Å². The van der Waals surface area contributed by atoms with Crippen molar-refractivity contribution in [1.29, 1.82) is 0 Å². The zero-order valence-corrected chi connectivity index (χ0v) is 13.0. The summed E-state index contributed by atoms with van der Waals surface area (Å²) in [5, 5.41) is 9.50. The highest BCUT2D eigenvalue weighted by Crippen LogP contribution is 2.23. The Kier molecular flexibility index (Phi) is 4.82. The van der Waals surface area contributed by atoms with Crippen LogP contribution in [0.15, 0.2) is 36.4 Å². The molecule has 3 nitrogen and oxygen atoms in total. The second-order valence-electron chi connectivity index (χ2n) is 3.97. The molecule has 104 valence electrons. The average molecular weight is 407 g/mol. The van der Waals surface area contributed by atoms with Crippen molar-refractivity contribution in [1.82, 2.24) is 0 Å². The number of hydrogen-bond acceptors (Lipinski definition) is 2. The van der Waals surface area contributed by atoms with E-state index in [-0.39, 0.29) is 23.5 Å². The molecular formula is C14H9ClFIO3. The van der Waals surface area contributed by atoms with E-state index in [4.69, 9.17) is 21.4 Å². The van der Waals surface area contributed by atoms with Crippen LogP contribution in [0.4, 0.5) is 4.39 Å². The summed E-state index contributed by atoms with van der Waals surface area (Å²) in [7, 11) is 0. The Labute approximate surface area is 133 Å². The monoisotopic (exact) mass is 406 g/mol. The van der Waals surface area contributed by atoms with Gasteiger partial charge >= 0.3 is 5.97 Å². The number of halogens is 3. The third-order valence-corrected chi connectivity index (χ3v) is 3.47. The van der Waals surface area contributed by atoms with Gasteiger partial charge in [-0.05, 0) is 59.0 Å². The summed E-state index contributed by atoms with van der Waals surface area (Å²) in [5.74, 6) is -1.35. The predicted molar refractivity (Wildman–Crippen MR) is 81.9 cm³/mol. The van der Waals surface area contributed by atoms with Gasteiger partial charge in [0.1, 0.15) is 23.7 Å². The zero-order chi connectivity index (χ0) is 14.7. The molecule has 2 aromatic carbocycles. The second kappa shape index (κ2) is 6.41. The van der Waals surface area contributed by atoms with Crippen LogP contribution in [0.5, 0.6) is 5.75 Å². The number of ether oxygens (including phenoxy) is 1. The van der Waals surface area contributed by atoms with Crippen LogP contribution in [-0.4, -0.2) is 11.1 Å². The third kappa shape index (κ3) is 3.61. The van der Waals surface area contributed by atoms with Crippen LogP contribution in [0.1, 0.15) is 15.9 Å². The first-order valence-electron chi connectivity index (χ1n) is 5.57. The highest BCUT2D eigenvalue weighted by molar-refractivity contribution is 14.1. The molecule has 0 bridgehead atoms. The topological polar surface area (TPSA) is 46.5 Å². The van der Waals surface area contributed by atoms with E-state index in [0.717, 1.165) is 3.57 Å². The fourth-order valence-corrected chi connectivity index (χ4v) is 2.29. The largest absolute Gasteiger partial charge is 0.488 e. The maximum absolute atomic E-state index is 13.5. The lowest BCUT2D eigenvalue weighted by molar-refractivity contribution is 0.0691. The maximum atomic E-state index is 13.5. The smallest absolute Gasteiger partial charge is 0.339 e. The van der Waals surface area contributed by atoms with Crippen molar-refractivity contribution in [2.45, 2.75) is 6.61 Å². The third-order valence-electron chi connectivity index (χ3n) is 2.56. The molecule has 0 fully saturated rings. The first kappa shape index (κ1) is 15.1. The van der Waals surface area contributed by atoms with Gasteiger partial charge in [-0.1, -0.05) is 11.6 Å². The van der Waals surface area contributed by atoms with Gasteiger partial charge in [0, 0.05) is 14.2 Å². The molecule has 0 unspecified atom stereocenters. The molecule has 0 aromatic heterocycles. The van der Waals surface area contributed by atoms with E-state index in [1.165, 1.54) is 24.3 Å². The van der Waals surface area contributed by atoms with Crippen LogP contribution < -0.4 is 4.74 Å². The van der Waals surface area contributed by atoms with Gasteiger partial charge < -0.3 is 9.84 Å². The van der Waals surface area contributed by atoms with Gasteiger partial charge in [0.05, 0.1) is 0 Å². The van der Waals surface area contributed by atoms with Gasteiger partial charge in [0.15, 0.2) is 0 Å². The first-order valence-corrected chi connectivity index (χ1v) is 7.02. The van der Waals surface area contributed by atoms with E-state index in [2.05, 4.69) is 0 Å². The van der Waals surface area contributed by atoms with Gasteiger partial charge in [-0.25, -0.2) is 9.18 Å². The fraction of sp³-hybridized carbons (Fsp3) is 0.0714. The van der Waals surface area contributed by atoms with Crippen LogP contribution in [-0.2, 0) is 6.61 Å². The van der Waals surface area contributed by atoms with Crippen molar-refractivity contribution in [3.8, 4) is 5.75 Å². The Morgan fingerprint density at radius 3 is 2.75 bits per heavy atom. The van der Waals surface area contributed by atoms with Gasteiger partial charge in [0.2, 0.25) is 0 Å². The number of carboxylic acids is 1. The summed E-state index contributed by atoms with van der Waals surface area (Å²) in [6.07, 6.45) is 0. The maximum Gasteiger partial charge on any atom is 0.339 e. The fourth-order valence-electron chi connectivity index (χ4n) is 1.60. The minimum atomic E-state index is -1.09. The number of carbonyl (C=O) groups is 1. The number of rotatable bonds is 4. The van der Waals surface area contributed by atoms with Crippen LogP contribution in [0.3, 0.4) is 0 Å². The zero-order valence-electron chi connectivity index (χ0n) is 10.1. The molecule has 0 saturated carbocycles. The summed E-state index contributed by atoms with van der Waals surface area (Å²) in [6.45, 7) is -0.0900. The molecular weight excluding hydrogens is 398 g/mol. The van der Waals surface area contributed by atoms with Gasteiger partial charge in [-0.3, -0.25) is 0 Å². The summed E-state index contributed by atoms with van der Waals surface area (Å²) >= 11 is 7.79. The molecule has 0 amide bonds. The number of hydrogen-bond donors (Lipinski definition) is 1. The van der Waals surface area contributed by atoms with Crippen molar-refractivity contribution < 1.29 is 19.0 Å². The van der Waals surface area contributed by atoms with E-state index < -0.39 is 11.8 Å². The van der Waals surface area contributed by atoms with Gasteiger partial charge in [0.25, 0.3) is 0 Å². The highest BCUT2D eigenvalue weighted by Gasteiger charge is 2.13. The van der Waals surface area contributed by atoms with Crippen molar-refractivity contribution in [2.75, 3.05) is 0 Å². The van der Waals surface area contributed by atoms with Crippen molar-refractivity contribution in [3.05, 3.63) is 61.9 Å². The molecule has 2 aromatic rings. The molecule has 6 heteroatoms. The molecule has 0 radical (unpaired) electrons. The molecule has 0 aliphatic heterocycles. The van der Waals surface area contributed by atoms with E-state index >= 15 is 0 Å². The van der Waals surface area contributed by atoms with Crippen LogP contribution in [0, 0.1) is 9.39 Å². The Morgan fingerprint density at radius 2 is 2.05 bits per heavy atom. The van der Waals surface area contributed by atoms with Crippen molar-refractivity contribution >= 4 is 40.2 Å². The summed E-state index contributed by atoms with van der Waals surface area (Å²) in [4.78, 5) is 11.1. The Bertz CT molecular complexity index is 661. The Hall–Kier alpha value is -1.34. The molecule has 1 N–H and O–H groups in total. The van der Waals surface area contributed by atoms with E-state index in [0.29, 0.717) is 5.02 Å². The lowest BCUT2D eigenvalue weighted by Gasteiger charge is -2.10. The Morgan fingerprint density at radius 1 is 1.30 bits per heavy atom. The molecule has 0 atom stereocenters. The molecule has 0 saturated heterocycles. The number of carboxylic acid groups (broad SMARTS) is 1. The quantitative estimate of drug-likeness (QED) is 0.768. The SMILES string of the molecule is O=C(O)c1cc(I)ccc1OCc1cc(Cl)ccc1F. The van der Waals surface area contributed by atoms with Crippen molar-refractivity contribution in [3.63, 3.8) is 0 Å². The second-order valence-corrected chi connectivity index (χ2v) is 5.65. The minimum absolute atomic E-state index is 0.0411. The number of benzene rings is 2. The predicted octanol–water partition coefficient (Wildman–Crippen LogP) is 4.36. The van der Waals surface area contributed by atoms with E-state index in [1.807, 2.05) is 22.6 Å². The van der Waals surface area contributed by atoms with Crippen molar-refractivity contribution in [2.24, 2.45) is 0 Å².